The van der Waals surface area contributed by atoms with Gasteiger partial charge in [0.15, 0.2) is 0 Å². The van der Waals surface area contributed by atoms with Gasteiger partial charge in [0.1, 0.15) is 0 Å². The molecule has 0 aliphatic heterocycles. The van der Waals surface area contributed by atoms with Gasteiger partial charge in [-0.25, -0.2) is 0 Å². The van der Waals surface area contributed by atoms with Gasteiger partial charge in [0.25, 0.3) is 0 Å². The van der Waals surface area contributed by atoms with Crippen LogP contribution in [0.25, 0.3) is 5.57 Å². The predicted octanol–water partition coefficient (Wildman–Crippen LogP) is 6.75. The zero-order valence-electron chi connectivity index (χ0n) is 14.0. The van der Waals surface area contributed by atoms with Crippen LogP contribution in [0.3, 0.4) is 0 Å². The van der Waals surface area contributed by atoms with Crippen molar-refractivity contribution in [2.75, 3.05) is 5.32 Å². The fraction of sp³-hybridized carbons (Fsp3) is 0.182. The summed E-state index contributed by atoms with van der Waals surface area (Å²) in [5.41, 5.74) is 5.94. The van der Waals surface area contributed by atoms with Gasteiger partial charge in [-0.05, 0) is 48.2 Å². The Balaban J connectivity index is 0.000000924. The SMILES string of the molecule is C=C1C=CC(c2ccc(Nc3ccccc3)cc2)=CCC1.CC. The van der Waals surface area contributed by atoms with E-state index in [-0.39, 0.29) is 0 Å². The molecule has 3 rings (SSSR count). The minimum atomic E-state index is 1.05. The molecule has 0 atom stereocenters. The van der Waals surface area contributed by atoms with Crippen LogP contribution in [-0.4, -0.2) is 0 Å². The summed E-state index contributed by atoms with van der Waals surface area (Å²) in [5.74, 6) is 0. The number of hydrogen-bond acceptors (Lipinski definition) is 1. The Bertz CT molecular complexity index is 676. The lowest BCUT2D eigenvalue weighted by Gasteiger charge is -2.08. The highest BCUT2D eigenvalue weighted by Gasteiger charge is 2.02. The molecule has 0 heterocycles. The summed E-state index contributed by atoms with van der Waals surface area (Å²) in [6.07, 6.45) is 8.68. The van der Waals surface area contributed by atoms with Crippen LogP contribution in [0.1, 0.15) is 32.3 Å². The smallest absolute Gasteiger partial charge is 0.0384 e. The maximum Gasteiger partial charge on any atom is 0.0384 e. The summed E-state index contributed by atoms with van der Waals surface area (Å²) >= 11 is 0. The van der Waals surface area contributed by atoms with Gasteiger partial charge in [-0.15, -0.1) is 0 Å². The third-order valence-electron chi connectivity index (χ3n) is 3.61. The fourth-order valence-electron chi connectivity index (χ4n) is 2.42. The van der Waals surface area contributed by atoms with E-state index in [0.717, 1.165) is 24.2 Å². The molecule has 0 bridgehead atoms. The highest BCUT2D eigenvalue weighted by molar-refractivity contribution is 5.76. The first-order valence-electron chi connectivity index (χ1n) is 8.30. The van der Waals surface area contributed by atoms with Crippen molar-refractivity contribution in [3.05, 3.63) is 90.5 Å². The molecule has 0 saturated carbocycles. The third-order valence-corrected chi connectivity index (χ3v) is 3.61. The van der Waals surface area contributed by atoms with Crippen LogP contribution in [0, 0.1) is 0 Å². The van der Waals surface area contributed by atoms with Crippen LogP contribution < -0.4 is 5.32 Å². The van der Waals surface area contributed by atoms with Crippen LogP contribution >= 0.6 is 0 Å². The Morgan fingerprint density at radius 2 is 1.48 bits per heavy atom. The van der Waals surface area contributed by atoms with Crippen molar-refractivity contribution in [1.82, 2.24) is 0 Å². The molecule has 2 aromatic rings. The number of rotatable bonds is 3. The Labute approximate surface area is 140 Å². The van der Waals surface area contributed by atoms with Crippen LogP contribution in [-0.2, 0) is 0 Å². The normalized spacial score (nSPS) is 13.5. The van der Waals surface area contributed by atoms with E-state index in [0.29, 0.717) is 0 Å². The Morgan fingerprint density at radius 3 is 2.17 bits per heavy atom. The lowest BCUT2D eigenvalue weighted by atomic mass is 10.0. The standard InChI is InChI=1S/C20H19N.C2H6/c1-16-6-5-7-17(11-10-16)18-12-14-20(15-13-18)21-19-8-3-2-4-9-19;1-2/h2-4,7-15,21H,1,5-6H2;1-2H3. The number of anilines is 2. The lowest BCUT2D eigenvalue weighted by Crippen LogP contribution is -1.90. The molecule has 0 radical (unpaired) electrons. The summed E-state index contributed by atoms with van der Waals surface area (Å²) < 4.78 is 0. The molecular formula is C22H25N. The van der Waals surface area contributed by atoms with Crippen molar-refractivity contribution >= 4 is 16.9 Å². The van der Waals surface area contributed by atoms with Gasteiger partial charge in [0.2, 0.25) is 0 Å². The first-order chi connectivity index (χ1) is 11.3. The zero-order chi connectivity index (χ0) is 16.5. The van der Waals surface area contributed by atoms with Gasteiger partial charge in [-0.1, -0.05) is 74.6 Å². The molecule has 2 aromatic carbocycles. The second-order valence-corrected chi connectivity index (χ2v) is 5.26. The zero-order valence-corrected chi connectivity index (χ0v) is 14.0. The molecular weight excluding hydrogens is 278 g/mol. The molecule has 1 aliphatic carbocycles. The van der Waals surface area contributed by atoms with Gasteiger partial charge in [-0.2, -0.15) is 0 Å². The fourth-order valence-corrected chi connectivity index (χ4v) is 2.42. The average molecular weight is 303 g/mol. The van der Waals surface area contributed by atoms with Crippen molar-refractivity contribution in [1.29, 1.82) is 0 Å². The largest absolute Gasteiger partial charge is 0.356 e. The monoisotopic (exact) mass is 303 g/mol. The topological polar surface area (TPSA) is 12.0 Å². The molecule has 0 unspecified atom stereocenters. The first kappa shape index (κ1) is 16.8. The molecule has 0 fully saturated rings. The van der Waals surface area contributed by atoms with Crippen LogP contribution in [0.15, 0.2) is 85.0 Å². The summed E-state index contributed by atoms with van der Waals surface area (Å²) in [6.45, 7) is 8.03. The van der Waals surface area contributed by atoms with Gasteiger partial charge in [0, 0.05) is 11.4 Å². The summed E-state index contributed by atoms with van der Waals surface area (Å²) in [7, 11) is 0. The molecule has 0 amide bonds. The van der Waals surface area contributed by atoms with Crippen LogP contribution in [0.4, 0.5) is 11.4 Å². The van der Waals surface area contributed by atoms with E-state index in [2.05, 4.69) is 66.5 Å². The van der Waals surface area contributed by atoms with Gasteiger partial charge in [-0.3, -0.25) is 0 Å². The van der Waals surface area contributed by atoms with Crippen molar-refractivity contribution in [3.8, 4) is 0 Å². The van der Waals surface area contributed by atoms with E-state index in [4.69, 9.17) is 0 Å². The molecule has 23 heavy (non-hydrogen) atoms. The maximum absolute atomic E-state index is 4.03. The minimum Gasteiger partial charge on any atom is -0.356 e. The molecule has 1 nitrogen and oxygen atoms in total. The van der Waals surface area contributed by atoms with Crippen LogP contribution in [0.5, 0.6) is 0 Å². The second-order valence-electron chi connectivity index (χ2n) is 5.26. The Kier molecular flexibility index (Phi) is 6.43. The van der Waals surface area contributed by atoms with E-state index >= 15 is 0 Å². The van der Waals surface area contributed by atoms with Crippen molar-refractivity contribution in [3.63, 3.8) is 0 Å². The van der Waals surface area contributed by atoms with Crippen molar-refractivity contribution in [2.24, 2.45) is 0 Å². The number of benzene rings is 2. The van der Waals surface area contributed by atoms with Gasteiger partial charge >= 0.3 is 0 Å². The summed E-state index contributed by atoms with van der Waals surface area (Å²) in [6, 6.07) is 18.8. The Morgan fingerprint density at radius 1 is 0.826 bits per heavy atom. The summed E-state index contributed by atoms with van der Waals surface area (Å²) in [5, 5.41) is 3.40. The third kappa shape index (κ3) is 5.00. The van der Waals surface area contributed by atoms with Gasteiger partial charge in [0.05, 0.1) is 0 Å². The van der Waals surface area contributed by atoms with Gasteiger partial charge < -0.3 is 5.32 Å². The molecule has 0 spiro atoms. The highest BCUT2D eigenvalue weighted by atomic mass is 14.9. The van der Waals surface area contributed by atoms with E-state index in [1.807, 2.05) is 32.0 Å². The number of nitrogens with one attached hydrogen (secondary N) is 1. The first-order valence-corrected chi connectivity index (χ1v) is 8.30. The molecule has 1 N–H and O–H groups in total. The van der Waals surface area contributed by atoms with Crippen molar-refractivity contribution < 1.29 is 0 Å². The predicted molar refractivity (Wildman–Crippen MR) is 103 cm³/mol. The van der Waals surface area contributed by atoms with E-state index < -0.39 is 0 Å². The molecule has 0 saturated heterocycles. The van der Waals surface area contributed by atoms with E-state index in [1.165, 1.54) is 16.7 Å². The maximum atomic E-state index is 4.03. The second kappa shape index (κ2) is 8.79. The lowest BCUT2D eigenvalue weighted by molar-refractivity contribution is 1.02. The highest BCUT2D eigenvalue weighted by Crippen LogP contribution is 2.24. The summed E-state index contributed by atoms with van der Waals surface area (Å²) in [4.78, 5) is 0. The van der Waals surface area contributed by atoms with E-state index in [9.17, 15) is 0 Å². The van der Waals surface area contributed by atoms with Crippen LogP contribution in [0.2, 0.25) is 0 Å². The molecule has 118 valence electrons. The Hall–Kier alpha value is -2.54. The molecule has 1 aliphatic rings. The number of allylic oxidation sites excluding steroid dienone is 5. The average Bonchev–Trinajstić information content (AvgIpc) is 2.83. The van der Waals surface area contributed by atoms with Crippen molar-refractivity contribution in [2.45, 2.75) is 26.7 Å². The minimum absolute atomic E-state index is 1.05. The molecule has 0 aromatic heterocycles. The number of hydrogen-bond donors (Lipinski definition) is 1. The number of para-hydroxylation sites is 1. The van der Waals surface area contributed by atoms with E-state index in [1.54, 1.807) is 0 Å². The quantitative estimate of drug-likeness (QED) is 0.661. The molecule has 1 heteroatoms.